The van der Waals surface area contributed by atoms with Crippen LogP contribution in [0.5, 0.6) is 0 Å². The van der Waals surface area contributed by atoms with E-state index < -0.39 is 0 Å². The number of anilines is 1. The molecule has 1 amide bonds. The Hall–Kier alpha value is -0.790. The Morgan fingerprint density at radius 1 is 1.35 bits per heavy atom. The van der Waals surface area contributed by atoms with Gasteiger partial charge in [0, 0.05) is 5.92 Å². The summed E-state index contributed by atoms with van der Waals surface area (Å²) in [6, 6.07) is 3.64. The number of amides is 1. The second-order valence-electron chi connectivity index (χ2n) is 3.78. The van der Waals surface area contributed by atoms with Gasteiger partial charge < -0.3 is 0 Å². The molecule has 0 radical (unpaired) electrons. The van der Waals surface area contributed by atoms with Crippen molar-refractivity contribution >= 4 is 49.6 Å². The molecule has 1 N–H and O–H groups in total. The molecular weight excluding hydrogens is 322 g/mol. The van der Waals surface area contributed by atoms with E-state index in [1.165, 1.54) is 35.5 Å². The van der Waals surface area contributed by atoms with Crippen molar-refractivity contribution in [3.63, 3.8) is 0 Å². The van der Waals surface area contributed by atoms with Crippen molar-refractivity contribution in [3.8, 4) is 0 Å². The lowest BCUT2D eigenvalue weighted by Crippen LogP contribution is -2.09. The van der Waals surface area contributed by atoms with Crippen LogP contribution in [-0.4, -0.2) is 16.1 Å². The second kappa shape index (κ2) is 4.47. The Morgan fingerprint density at radius 2 is 2.18 bits per heavy atom. The summed E-state index contributed by atoms with van der Waals surface area (Å²) in [4.78, 5) is 12.5. The molecule has 1 aliphatic carbocycles. The summed E-state index contributed by atoms with van der Waals surface area (Å²) in [5.41, 5.74) is 0. The maximum atomic E-state index is 11.8. The number of nitrogens with zero attached hydrogens (tertiary/aromatic N) is 2. The quantitative estimate of drug-likeness (QED) is 0.937. The number of thiophene rings is 1. The van der Waals surface area contributed by atoms with Crippen molar-refractivity contribution in [1.82, 2.24) is 10.2 Å². The van der Waals surface area contributed by atoms with E-state index in [4.69, 9.17) is 0 Å². The molecule has 0 aliphatic heterocycles. The van der Waals surface area contributed by atoms with E-state index in [0.29, 0.717) is 15.9 Å². The lowest BCUT2D eigenvalue weighted by atomic mass is 10.4. The highest BCUT2D eigenvalue weighted by Crippen LogP contribution is 2.42. The van der Waals surface area contributed by atoms with Gasteiger partial charge >= 0.3 is 0 Å². The van der Waals surface area contributed by atoms with Gasteiger partial charge in [-0.05, 0) is 40.9 Å². The highest BCUT2D eigenvalue weighted by molar-refractivity contribution is 9.11. The minimum atomic E-state index is -0.126. The molecule has 4 nitrogen and oxygen atoms in total. The fourth-order valence-corrected chi connectivity index (χ4v) is 3.56. The highest BCUT2D eigenvalue weighted by atomic mass is 79.9. The van der Waals surface area contributed by atoms with Gasteiger partial charge in [-0.2, -0.15) is 0 Å². The van der Waals surface area contributed by atoms with E-state index in [-0.39, 0.29) is 5.91 Å². The fraction of sp³-hybridized carbons (Fsp3) is 0.300. The first-order valence-corrected chi connectivity index (χ1v) is 7.55. The van der Waals surface area contributed by atoms with Crippen LogP contribution in [0.25, 0.3) is 0 Å². The number of carbonyl (C=O) groups excluding carboxylic acids is 1. The lowest BCUT2D eigenvalue weighted by molar-refractivity contribution is 0.103. The smallest absolute Gasteiger partial charge is 0.267 e. The van der Waals surface area contributed by atoms with Gasteiger partial charge in [0.15, 0.2) is 0 Å². The summed E-state index contributed by atoms with van der Waals surface area (Å²) in [6.07, 6.45) is 2.39. The average molecular weight is 330 g/mol. The molecule has 1 aliphatic rings. The number of nitrogens with one attached hydrogen (secondary N) is 1. The van der Waals surface area contributed by atoms with E-state index in [1.807, 2.05) is 6.07 Å². The molecule has 88 valence electrons. The van der Waals surface area contributed by atoms with Gasteiger partial charge in [0.1, 0.15) is 5.01 Å². The first kappa shape index (κ1) is 11.3. The second-order valence-corrected chi connectivity index (χ2v) is 7.25. The minimum Gasteiger partial charge on any atom is -0.296 e. The van der Waals surface area contributed by atoms with E-state index in [2.05, 4.69) is 31.4 Å². The summed E-state index contributed by atoms with van der Waals surface area (Å²) in [5.74, 6) is 0.452. The molecule has 1 saturated carbocycles. The summed E-state index contributed by atoms with van der Waals surface area (Å²) < 4.78 is 0.943. The first-order valence-electron chi connectivity index (χ1n) is 5.12. The molecule has 3 rings (SSSR count). The third kappa shape index (κ3) is 2.56. The van der Waals surface area contributed by atoms with Crippen molar-refractivity contribution < 1.29 is 4.79 Å². The number of hydrogen-bond acceptors (Lipinski definition) is 5. The molecule has 0 spiro atoms. The van der Waals surface area contributed by atoms with Crippen LogP contribution < -0.4 is 5.32 Å². The van der Waals surface area contributed by atoms with Crippen molar-refractivity contribution in [3.05, 3.63) is 25.8 Å². The Kier molecular flexibility index (Phi) is 2.97. The molecule has 0 atom stereocenters. The van der Waals surface area contributed by atoms with Crippen molar-refractivity contribution in [2.45, 2.75) is 18.8 Å². The Bertz CT molecular complexity index is 561. The zero-order chi connectivity index (χ0) is 11.8. The van der Waals surface area contributed by atoms with Crippen LogP contribution in [0.4, 0.5) is 5.13 Å². The number of halogens is 1. The predicted molar refractivity (Wildman–Crippen MR) is 71.9 cm³/mol. The van der Waals surface area contributed by atoms with Crippen molar-refractivity contribution in [1.29, 1.82) is 0 Å². The minimum absolute atomic E-state index is 0.126. The third-order valence-corrected chi connectivity index (χ3v) is 5.01. The Morgan fingerprint density at radius 3 is 2.82 bits per heavy atom. The number of hydrogen-bond donors (Lipinski definition) is 1. The van der Waals surface area contributed by atoms with Crippen molar-refractivity contribution in [2.75, 3.05) is 5.32 Å². The molecule has 2 aromatic heterocycles. The number of carbonyl (C=O) groups is 1. The van der Waals surface area contributed by atoms with Crippen LogP contribution in [0.15, 0.2) is 15.9 Å². The summed E-state index contributed by atoms with van der Waals surface area (Å²) in [5, 5.41) is 12.4. The van der Waals surface area contributed by atoms with E-state index in [0.717, 1.165) is 8.79 Å². The molecule has 0 aromatic carbocycles. The normalized spacial score (nSPS) is 14.9. The molecule has 1 fully saturated rings. The first-order chi connectivity index (χ1) is 8.22. The van der Waals surface area contributed by atoms with Crippen LogP contribution in [0.3, 0.4) is 0 Å². The third-order valence-electron chi connectivity index (χ3n) is 2.38. The SMILES string of the molecule is O=C(Nc1nnc(C2CC2)s1)c1ccc(Br)s1. The molecular formula is C10H8BrN3OS2. The topological polar surface area (TPSA) is 54.9 Å². The Balaban J connectivity index is 1.71. The standard InChI is InChI=1S/C10H8BrN3OS2/c11-7-4-3-6(16-7)8(15)12-10-14-13-9(17-10)5-1-2-5/h3-5H,1-2H2,(H,12,14,15). The van der Waals surface area contributed by atoms with Crippen LogP contribution >= 0.6 is 38.6 Å². The maximum absolute atomic E-state index is 11.8. The van der Waals surface area contributed by atoms with Gasteiger partial charge in [0.2, 0.25) is 5.13 Å². The molecule has 0 unspecified atom stereocenters. The maximum Gasteiger partial charge on any atom is 0.267 e. The van der Waals surface area contributed by atoms with Crippen molar-refractivity contribution in [2.24, 2.45) is 0 Å². The van der Waals surface area contributed by atoms with Crippen LogP contribution in [-0.2, 0) is 0 Å². The average Bonchev–Trinajstić information content (AvgIpc) is 2.90. The van der Waals surface area contributed by atoms with Crippen LogP contribution in [0, 0.1) is 0 Å². The van der Waals surface area contributed by atoms with Gasteiger partial charge in [-0.15, -0.1) is 21.5 Å². The zero-order valence-corrected chi connectivity index (χ0v) is 11.9. The highest BCUT2D eigenvalue weighted by Gasteiger charge is 2.27. The van der Waals surface area contributed by atoms with E-state index in [9.17, 15) is 4.79 Å². The van der Waals surface area contributed by atoms with Crippen LogP contribution in [0.1, 0.15) is 33.4 Å². The molecule has 17 heavy (non-hydrogen) atoms. The van der Waals surface area contributed by atoms with Crippen LogP contribution in [0.2, 0.25) is 0 Å². The largest absolute Gasteiger partial charge is 0.296 e. The van der Waals surface area contributed by atoms with E-state index in [1.54, 1.807) is 6.07 Å². The summed E-state index contributed by atoms with van der Waals surface area (Å²) in [7, 11) is 0. The number of rotatable bonds is 3. The molecule has 2 aromatic rings. The zero-order valence-electron chi connectivity index (χ0n) is 8.64. The monoisotopic (exact) mass is 329 g/mol. The van der Waals surface area contributed by atoms with Gasteiger partial charge in [-0.3, -0.25) is 10.1 Å². The van der Waals surface area contributed by atoms with Gasteiger partial charge in [0.05, 0.1) is 8.66 Å². The van der Waals surface area contributed by atoms with Gasteiger partial charge in [-0.1, -0.05) is 11.3 Å². The fourth-order valence-electron chi connectivity index (χ4n) is 1.38. The van der Waals surface area contributed by atoms with Gasteiger partial charge in [-0.25, -0.2) is 0 Å². The predicted octanol–water partition coefficient (Wildman–Crippen LogP) is 3.49. The number of aromatic nitrogens is 2. The summed E-state index contributed by atoms with van der Waals surface area (Å²) >= 11 is 6.20. The molecule has 7 heteroatoms. The molecule has 0 saturated heterocycles. The molecule has 0 bridgehead atoms. The molecule has 2 heterocycles. The van der Waals surface area contributed by atoms with Gasteiger partial charge in [0.25, 0.3) is 5.91 Å². The van der Waals surface area contributed by atoms with E-state index >= 15 is 0 Å². The lowest BCUT2D eigenvalue weighted by Gasteiger charge is -1.96. The summed E-state index contributed by atoms with van der Waals surface area (Å²) in [6.45, 7) is 0. The Labute approximate surface area is 114 Å².